The zero-order valence-electron chi connectivity index (χ0n) is 14.8. The highest BCUT2D eigenvalue weighted by atomic mass is 16.5. The zero-order valence-corrected chi connectivity index (χ0v) is 14.8. The molecule has 0 radical (unpaired) electrons. The Kier molecular flexibility index (Phi) is 6.17. The Labute approximate surface area is 148 Å². The summed E-state index contributed by atoms with van der Waals surface area (Å²) in [6.45, 7) is 6.17. The fraction of sp³-hybridized carbons (Fsp3) is 0.300. The number of hydrogen-bond donors (Lipinski definition) is 2. The van der Waals surface area contributed by atoms with Crippen molar-refractivity contribution in [2.45, 2.75) is 26.2 Å². The van der Waals surface area contributed by atoms with Crippen LogP contribution >= 0.6 is 0 Å². The van der Waals surface area contributed by atoms with Gasteiger partial charge in [0.1, 0.15) is 5.75 Å². The molecule has 2 N–H and O–H groups in total. The van der Waals surface area contributed by atoms with Gasteiger partial charge in [0, 0.05) is 5.69 Å². The molecule has 0 aliphatic rings. The Hall–Kier alpha value is -2.82. The van der Waals surface area contributed by atoms with Gasteiger partial charge in [0.25, 0.3) is 5.91 Å². The van der Waals surface area contributed by atoms with Crippen LogP contribution in [0.2, 0.25) is 0 Å². The maximum absolute atomic E-state index is 11.9. The number of nitrogens with one attached hydrogen (secondary N) is 2. The molecule has 2 rings (SSSR count). The second kappa shape index (κ2) is 8.33. The van der Waals surface area contributed by atoms with Crippen molar-refractivity contribution in [2.75, 3.05) is 18.5 Å². The number of anilines is 1. The minimum absolute atomic E-state index is 0.0647. The van der Waals surface area contributed by atoms with Crippen molar-refractivity contribution in [3.8, 4) is 5.75 Å². The number of rotatable bonds is 6. The summed E-state index contributed by atoms with van der Waals surface area (Å²) in [7, 11) is 0. The Morgan fingerprint density at radius 2 is 1.56 bits per heavy atom. The van der Waals surface area contributed by atoms with Crippen molar-refractivity contribution in [1.82, 2.24) is 5.32 Å². The van der Waals surface area contributed by atoms with Gasteiger partial charge in [0.05, 0.1) is 6.54 Å². The first-order valence-electron chi connectivity index (χ1n) is 8.19. The first kappa shape index (κ1) is 18.5. The summed E-state index contributed by atoms with van der Waals surface area (Å²) >= 11 is 0. The molecule has 0 bridgehead atoms. The third kappa shape index (κ3) is 6.30. The summed E-state index contributed by atoms with van der Waals surface area (Å²) in [5.74, 6) is -0.0142. The van der Waals surface area contributed by atoms with Gasteiger partial charge in [-0.15, -0.1) is 0 Å². The fourth-order valence-corrected chi connectivity index (χ4v) is 2.15. The SMILES string of the molecule is CC(C)(C)c1ccc(NC(=O)CNC(=O)COc2ccccc2)cc1. The highest BCUT2D eigenvalue weighted by Gasteiger charge is 2.13. The van der Waals surface area contributed by atoms with Crippen LogP contribution in [0, 0.1) is 0 Å². The first-order chi connectivity index (χ1) is 11.8. The van der Waals surface area contributed by atoms with Gasteiger partial charge in [0.2, 0.25) is 5.91 Å². The molecule has 0 aromatic heterocycles. The first-order valence-corrected chi connectivity index (χ1v) is 8.19. The number of para-hydroxylation sites is 1. The predicted octanol–water partition coefficient (Wildman–Crippen LogP) is 3.12. The number of carbonyl (C=O) groups is 2. The fourth-order valence-electron chi connectivity index (χ4n) is 2.15. The molecule has 25 heavy (non-hydrogen) atoms. The molecule has 0 unspecified atom stereocenters. The maximum Gasteiger partial charge on any atom is 0.258 e. The third-order valence-corrected chi connectivity index (χ3v) is 3.59. The van der Waals surface area contributed by atoms with Crippen LogP contribution < -0.4 is 15.4 Å². The van der Waals surface area contributed by atoms with Crippen LogP contribution in [-0.4, -0.2) is 25.0 Å². The quantitative estimate of drug-likeness (QED) is 0.849. The Bertz CT molecular complexity index is 704. The lowest BCUT2D eigenvalue weighted by molar-refractivity contribution is -0.125. The zero-order chi connectivity index (χ0) is 18.3. The van der Waals surface area contributed by atoms with Crippen LogP contribution in [0.3, 0.4) is 0 Å². The number of hydrogen-bond acceptors (Lipinski definition) is 3. The third-order valence-electron chi connectivity index (χ3n) is 3.59. The normalized spacial score (nSPS) is 10.8. The topological polar surface area (TPSA) is 67.4 Å². The maximum atomic E-state index is 11.9. The van der Waals surface area contributed by atoms with Crippen molar-refractivity contribution in [1.29, 1.82) is 0 Å². The van der Waals surface area contributed by atoms with E-state index >= 15 is 0 Å². The van der Waals surface area contributed by atoms with Gasteiger partial charge >= 0.3 is 0 Å². The summed E-state index contributed by atoms with van der Waals surface area (Å²) in [6.07, 6.45) is 0. The van der Waals surface area contributed by atoms with E-state index in [0.717, 1.165) is 0 Å². The Balaban J connectivity index is 1.74. The van der Waals surface area contributed by atoms with Gasteiger partial charge in [-0.1, -0.05) is 51.1 Å². The summed E-state index contributed by atoms with van der Waals surface area (Å²) in [5.41, 5.74) is 1.96. The van der Waals surface area contributed by atoms with Crippen LogP contribution in [0.25, 0.3) is 0 Å². The highest BCUT2D eigenvalue weighted by Crippen LogP contribution is 2.23. The second-order valence-corrected chi connectivity index (χ2v) is 6.75. The van der Waals surface area contributed by atoms with Crippen LogP contribution in [0.5, 0.6) is 5.75 Å². The molecule has 0 spiro atoms. The molecule has 0 heterocycles. The van der Waals surface area contributed by atoms with Crippen molar-refractivity contribution >= 4 is 17.5 Å². The largest absolute Gasteiger partial charge is 0.484 e. The smallest absolute Gasteiger partial charge is 0.258 e. The molecule has 0 aliphatic carbocycles. The molecule has 5 heteroatoms. The van der Waals surface area contributed by atoms with E-state index in [1.807, 2.05) is 42.5 Å². The molecule has 2 aromatic carbocycles. The number of amides is 2. The molecule has 0 saturated heterocycles. The standard InChI is InChI=1S/C20H24N2O3/c1-20(2,3)15-9-11-16(12-10-15)22-18(23)13-21-19(24)14-25-17-7-5-4-6-8-17/h4-12H,13-14H2,1-3H3,(H,21,24)(H,22,23). The highest BCUT2D eigenvalue weighted by molar-refractivity contribution is 5.94. The molecule has 0 fully saturated rings. The summed E-state index contributed by atoms with van der Waals surface area (Å²) in [6, 6.07) is 16.7. The van der Waals surface area contributed by atoms with E-state index in [9.17, 15) is 9.59 Å². The van der Waals surface area contributed by atoms with E-state index < -0.39 is 0 Å². The molecule has 2 aromatic rings. The molecule has 0 aliphatic heterocycles. The molecule has 5 nitrogen and oxygen atoms in total. The molecular weight excluding hydrogens is 316 g/mol. The number of carbonyl (C=O) groups excluding carboxylic acids is 2. The van der Waals surface area contributed by atoms with E-state index in [2.05, 4.69) is 31.4 Å². The molecule has 132 valence electrons. The van der Waals surface area contributed by atoms with Gasteiger partial charge in [0.15, 0.2) is 6.61 Å². The van der Waals surface area contributed by atoms with Gasteiger partial charge in [-0.25, -0.2) is 0 Å². The monoisotopic (exact) mass is 340 g/mol. The van der Waals surface area contributed by atoms with Crippen LogP contribution in [0.4, 0.5) is 5.69 Å². The summed E-state index contributed by atoms with van der Waals surface area (Å²) in [4.78, 5) is 23.6. The van der Waals surface area contributed by atoms with Gasteiger partial charge in [-0.3, -0.25) is 9.59 Å². The van der Waals surface area contributed by atoms with E-state index in [1.165, 1.54) is 5.56 Å². The van der Waals surface area contributed by atoms with Crippen molar-refractivity contribution in [2.24, 2.45) is 0 Å². The second-order valence-electron chi connectivity index (χ2n) is 6.75. The van der Waals surface area contributed by atoms with Crippen LogP contribution in [-0.2, 0) is 15.0 Å². The summed E-state index contributed by atoms with van der Waals surface area (Å²) < 4.78 is 5.32. The minimum atomic E-state index is -0.345. The lowest BCUT2D eigenvalue weighted by Crippen LogP contribution is -2.35. The molecular formula is C20H24N2O3. The van der Waals surface area contributed by atoms with Gasteiger partial charge in [-0.05, 0) is 35.2 Å². The summed E-state index contributed by atoms with van der Waals surface area (Å²) in [5, 5.41) is 5.29. The van der Waals surface area contributed by atoms with E-state index in [0.29, 0.717) is 11.4 Å². The average Bonchev–Trinajstić information content (AvgIpc) is 2.59. The van der Waals surface area contributed by atoms with Crippen molar-refractivity contribution < 1.29 is 14.3 Å². The Morgan fingerprint density at radius 1 is 0.920 bits per heavy atom. The van der Waals surface area contributed by atoms with E-state index in [1.54, 1.807) is 12.1 Å². The van der Waals surface area contributed by atoms with E-state index in [-0.39, 0.29) is 30.4 Å². The van der Waals surface area contributed by atoms with Crippen LogP contribution in [0.15, 0.2) is 54.6 Å². The van der Waals surface area contributed by atoms with Crippen LogP contribution in [0.1, 0.15) is 26.3 Å². The average molecular weight is 340 g/mol. The molecule has 2 amide bonds. The van der Waals surface area contributed by atoms with Crippen molar-refractivity contribution in [3.63, 3.8) is 0 Å². The van der Waals surface area contributed by atoms with Crippen molar-refractivity contribution in [3.05, 3.63) is 60.2 Å². The number of ether oxygens (including phenoxy) is 1. The molecule has 0 saturated carbocycles. The van der Waals surface area contributed by atoms with E-state index in [4.69, 9.17) is 4.74 Å². The Morgan fingerprint density at radius 3 is 2.16 bits per heavy atom. The minimum Gasteiger partial charge on any atom is -0.484 e. The van der Waals surface area contributed by atoms with Gasteiger partial charge in [-0.2, -0.15) is 0 Å². The van der Waals surface area contributed by atoms with Gasteiger partial charge < -0.3 is 15.4 Å². The lowest BCUT2D eigenvalue weighted by Gasteiger charge is -2.19. The molecule has 0 atom stereocenters. The number of benzene rings is 2. The predicted molar refractivity (Wildman–Crippen MR) is 98.7 cm³/mol. The lowest BCUT2D eigenvalue weighted by atomic mass is 9.87.